The molecule has 88 valence electrons. The average Bonchev–Trinajstić information content (AvgIpc) is 2.82. The van der Waals surface area contributed by atoms with Crippen molar-refractivity contribution in [2.24, 2.45) is 5.73 Å². The van der Waals surface area contributed by atoms with Gasteiger partial charge in [0.05, 0.1) is 11.0 Å². The molecule has 3 N–H and O–H groups in total. The van der Waals surface area contributed by atoms with Gasteiger partial charge in [0.2, 0.25) is 5.78 Å². The van der Waals surface area contributed by atoms with Gasteiger partial charge in [0.15, 0.2) is 0 Å². The number of nitrogens with zero attached hydrogens (tertiary/aromatic N) is 2. The third kappa shape index (κ3) is 1.52. The number of hydrogen-bond donors (Lipinski definition) is 2. The van der Waals surface area contributed by atoms with Gasteiger partial charge in [0, 0.05) is 23.3 Å². The molecule has 0 unspecified atom stereocenters. The largest absolute Gasteiger partial charge is 0.330 e. The molecule has 0 aliphatic heterocycles. The second kappa shape index (κ2) is 3.75. The summed E-state index contributed by atoms with van der Waals surface area (Å²) in [5, 5.41) is 0.750. The standard InChI is InChI=1S/C12H13ClN4/c1-7-9(13)2-3-10-11(7)16-12-15-8(4-5-14)6-17(10)12/h2-3,6H,4-5,14H2,1H3,(H,15,16). The molecule has 0 amide bonds. The SMILES string of the molecule is Cc1c(Cl)ccc2c1nc1[nH]c(CCN)cn12. The number of imidazole rings is 2. The van der Waals surface area contributed by atoms with Crippen molar-refractivity contribution >= 4 is 28.4 Å². The van der Waals surface area contributed by atoms with E-state index in [2.05, 4.69) is 9.97 Å². The van der Waals surface area contributed by atoms with Gasteiger partial charge in [-0.2, -0.15) is 0 Å². The van der Waals surface area contributed by atoms with Crippen molar-refractivity contribution in [2.45, 2.75) is 13.3 Å². The summed E-state index contributed by atoms with van der Waals surface area (Å²) in [5.74, 6) is 0.841. The van der Waals surface area contributed by atoms with Gasteiger partial charge in [-0.15, -0.1) is 0 Å². The third-order valence-electron chi connectivity index (χ3n) is 3.02. The quantitative estimate of drug-likeness (QED) is 0.731. The lowest BCUT2D eigenvalue weighted by Gasteiger charge is -1.98. The van der Waals surface area contributed by atoms with Gasteiger partial charge >= 0.3 is 0 Å². The Morgan fingerprint density at radius 1 is 1.47 bits per heavy atom. The van der Waals surface area contributed by atoms with Crippen molar-refractivity contribution in [3.05, 3.63) is 34.6 Å². The zero-order chi connectivity index (χ0) is 12.0. The lowest BCUT2D eigenvalue weighted by molar-refractivity contribution is 0.936. The smallest absolute Gasteiger partial charge is 0.212 e. The van der Waals surface area contributed by atoms with Crippen LogP contribution >= 0.6 is 11.6 Å². The molecule has 2 heterocycles. The summed E-state index contributed by atoms with van der Waals surface area (Å²) in [6.07, 6.45) is 2.88. The van der Waals surface area contributed by atoms with E-state index in [0.717, 1.165) is 39.5 Å². The van der Waals surface area contributed by atoms with Crippen LogP contribution in [-0.4, -0.2) is 20.9 Å². The second-order valence-corrected chi connectivity index (χ2v) is 4.57. The highest BCUT2D eigenvalue weighted by molar-refractivity contribution is 6.32. The van der Waals surface area contributed by atoms with E-state index in [1.54, 1.807) is 0 Å². The minimum absolute atomic E-state index is 0.631. The van der Waals surface area contributed by atoms with Crippen LogP contribution in [0.15, 0.2) is 18.3 Å². The van der Waals surface area contributed by atoms with Gasteiger partial charge in [0.25, 0.3) is 0 Å². The van der Waals surface area contributed by atoms with E-state index < -0.39 is 0 Å². The Morgan fingerprint density at radius 2 is 2.29 bits per heavy atom. The Bertz CT molecular complexity index is 695. The molecule has 5 heteroatoms. The molecule has 2 aromatic heterocycles. The van der Waals surface area contributed by atoms with Gasteiger partial charge in [-0.3, -0.25) is 4.40 Å². The maximum Gasteiger partial charge on any atom is 0.212 e. The zero-order valence-corrected chi connectivity index (χ0v) is 10.3. The van der Waals surface area contributed by atoms with E-state index in [1.807, 2.05) is 29.7 Å². The molecule has 17 heavy (non-hydrogen) atoms. The van der Waals surface area contributed by atoms with Crippen molar-refractivity contribution in [3.63, 3.8) is 0 Å². The van der Waals surface area contributed by atoms with Crippen molar-refractivity contribution in [1.82, 2.24) is 14.4 Å². The van der Waals surface area contributed by atoms with Crippen LogP contribution in [-0.2, 0) is 6.42 Å². The molecule has 0 saturated heterocycles. The molecule has 0 saturated carbocycles. The van der Waals surface area contributed by atoms with E-state index >= 15 is 0 Å². The van der Waals surface area contributed by atoms with Crippen LogP contribution in [0.25, 0.3) is 16.8 Å². The molecule has 0 bridgehead atoms. The Balaban J connectivity index is 2.30. The lowest BCUT2D eigenvalue weighted by Crippen LogP contribution is -2.02. The molecule has 1 aromatic carbocycles. The van der Waals surface area contributed by atoms with Crippen molar-refractivity contribution < 1.29 is 0 Å². The monoisotopic (exact) mass is 248 g/mol. The Hall–Kier alpha value is -1.52. The molecule has 0 radical (unpaired) electrons. The number of aromatic amines is 1. The van der Waals surface area contributed by atoms with Crippen molar-refractivity contribution in [3.8, 4) is 0 Å². The second-order valence-electron chi connectivity index (χ2n) is 4.16. The lowest BCUT2D eigenvalue weighted by atomic mass is 10.2. The number of benzene rings is 1. The molecule has 3 rings (SSSR count). The highest BCUT2D eigenvalue weighted by atomic mass is 35.5. The number of nitrogens with two attached hydrogens (primary N) is 1. The van der Waals surface area contributed by atoms with E-state index in [4.69, 9.17) is 17.3 Å². The first-order valence-corrected chi connectivity index (χ1v) is 5.93. The minimum atomic E-state index is 0.631. The minimum Gasteiger partial charge on any atom is -0.330 e. The maximum absolute atomic E-state index is 6.09. The first-order valence-electron chi connectivity index (χ1n) is 5.55. The Kier molecular flexibility index (Phi) is 2.34. The molecule has 0 spiro atoms. The summed E-state index contributed by atoms with van der Waals surface area (Å²) in [6.45, 7) is 2.62. The normalized spacial score (nSPS) is 11.7. The summed E-state index contributed by atoms with van der Waals surface area (Å²) in [6, 6.07) is 3.90. The number of H-pyrrole nitrogens is 1. The fourth-order valence-corrected chi connectivity index (χ4v) is 2.26. The highest BCUT2D eigenvalue weighted by Crippen LogP contribution is 2.25. The number of fused-ring (bicyclic) bond motifs is 3. The third-order valence-corrected chi connectivity index (χ3v) is 3.43. The number of halogens is 1. The molecule has 3 aromatic rings. The molecular weight excluding hydrogens is 236 g/mol. The van der Waals surface area contributed by atoms with Gasteiger partial charge in [-0.25, -0.2) is 4.98 Å². The van der Waals surface area contributed by atoms with Crippen LogP contribution in [0.5, 0.6) is 0 Å². The number of hydrogen-bond acceptors (Lipinski definition) is 2. The number of aryl methyl sites for hydroxylation is 1. The number of aromatic nitrogens is 3. The molecule has 0 atom stereocenters. The first-order chi connectivity index (χ1) is 8.20. The van der Waals surface area contributed by atoms with Crippen LogP contribution in [0.2, 0.25) is 5.02 Å². The van der Waals surface area contributed by atoms with Crippen LogP contribution in [0.1, 0.15) is 11.3 Å². The van der Waals surface area contributed by atoms with E-state index in [-0.39, 0.29) is 0 Å². The topological polar surface area (TPSA) is 59.1 Å². The van der Waals surface area contributed by atoms with Gasteiger partial charge in [-0.1, -0.05) is 11.6 Å². The fraction of sp³-hybridized carbons (Fsp3) is 0.250. The number of rotatable bonds is 2. The van der Waals surface area contributed by atoms with E-state index in [9.17, 15) is 0 Å². The molecule has 0 aliphatic carbocycles. The fourth-order valence-electron chi connectivity index (χ4n) is 2.10. The Morgan fingerprint density at radius 3 is 3.06 bits per heavy atom. The van der Waals surface area contributed by atoms with Crippen LogP contribution in [0.3, 0.4) is 0 Å². The summed E-state index contributed by atoms with van der Waals surface area (Å²) >= 11 is 6.09. The van der Waals surface area contributed by atoms with Gasteiger partial charge in [0.1, 0.15) is 0 Å². The van der Waals surface area contributed by atoms with Crippen molar-refractivity contribution in [1.29, 1.82) is 0 Å². The predicted molar refractivity (Wildman–Crippen MR) is 69.6 cm³/mol. The summed E-state index contributed by atoms with van der Waals surface area (Å²) in [5.41, 5.74) is 9.68. The molecule has 0 aliphatic rings. The average molecular weight is 249 g/mol. The van der Waals surface area contributed by atoms with Crippen LogP contribution in [0, 0.1) is 6.92 Å². The molecule has 0 fully saturated rings. The Labute approximate surface area is 103 Å². The first kappa shape index (κ1) is 10.6. The van der Waals surface area contributed by atoms with Crippen LogP contribution < -0.4 is 5.73 Å². The summed E-state index contributed by atoms with van der Waals surface area (Å²) in [7, 11) is 0. The maximum atomic E-state index is 6.09. The summed E-state index contributed by atoms with van der Waals surface area (Å²) < 4.78 is 2.05. The van der Waals surface area contributed by atoms with Crippen molar-refractivity contribution in [2.75, 3.05) is 6.54 Å². The van der Waals surface area contributed by atoms with Crippen LogP contribution in [0.4, 0.5) is 0 Å². The van der Waals surface area contributed by atoms with Gasteiger partial charge < -0.3 is 10.7 Å². The number of nitrogens with one attached hydrogen (secondary N) is 1. The van der Waals surface area contributed by atoms with E-state index in [0.29, 0.717) is 6.54 Å². The molecule has 4 nitrogen and oxygen atoms in total. The predicted octanol–water partition coefficient (Wildman–Crippen LogP) is 2.28. The molecular formula is C12H13ClN4. The van der Waals surface area contributed by atoms with Gasteiger partial charge in [-0.05, 0) is 31.2 Å². The highest BCUT2D eigenvalue weighted by Gasteiger charge is 2.11. The summed E-state index contributed by atoms with van der Waals surface area (Å²) in [4.78, 5) is 7.82. The zero-order valence-electron chi connectivity index (χ0n) is 9.50. The van der Waals surface area contributed by atoms with E-state index in [1.165, 1.54) is 0 Å².